The highest BCUT2D eigenvalue weighted by Crippen LogP contribution is 2.46. The topological polar surface area (TPSA) is 191 Å². The van der Waals surface area contributed by atoms with E-state index in [2.05, 4.69) is 27.9 Å². The van der Waals surface area contributed by atoms with Crippen LogP contribution in [0.15, 0.2) is 36.7 Å². The molecule has 0 aliphatic carbocycles. The van der Waals surface area contributed by atoms with Crippen LogP contribution in [-0.2, 0) is 40.0 Å². The van der Waals surface area contributed by atoms with Crippen LogP contribution < -0.4 is 0 Å². The zero-order chi connectivity index (χ0) is 40.9. The van der Waals surface area contributed by atoms with E-state index >= 15 is 0 Å². The minimum absolute atomic E-state index is 0.00950. The van der Waals surface area contributed by atoms with Gasteiger partial charge in [0.1, 0.15) is 42.5 Å². The average molecular weight is 812 g/mol. The van der Waals surface area contributed by atoms with E-state index in [0.717, 1.165) is 19.3 Å². The maximum Gasteiger partial charge on any atom is 0.472 e. The Morgan fingerprint density at radius 3 is 2.23 bits per heavy atom. The standard InChI is InChI=1S/C42H62N5O9P/c1-4-6-7-8-9-10-11-12-13-14-15-16-17-18-19-20-26-52-29-36(53-28-35-23-21-22-34(27-43)46-35)30-54-57(50,51)55-31-38-40(48)41(49)42(5-2,56-38)39-25-24-37-33(3)44-32-45-47(37)39/h2,21-25,32,36,38,40-41,48-49H,4,6-20,26,28-31H2,1,3H3,(H,50,51)/t36-,38-,40-,41-,42+/m1/s1. The molecule has 57 heavy (non-hydrogen) atoms. The van der Waals surface area contributed by atoms with Gasteiger partial charge in [0.15, 0.2) is 5.60 Å². The van der Waals surface area contributed by atoms with Crippen LogP contribution in [0, 0.1) is 30.6 Å². The van der Waals surface area contributed by atoms with Crippen LogP contribution in [0.4, 0.5) is 0 Å². The number of aliphatic hydroxyl groups is 2. The van der Waals surface area contributed by atoms with Crippen LogP contribution >= 0.6 is 7.82 Å². The molecule has 3 aromatic heterocycles. The molecule has 314 valence electrons. The summed E-state index contributed by atoms with van der Waals surface area (Å²) in [6.07, 6.45) is 22.4. The average Bonchev–Trinajstić information content (AvgIpc) is 3.76. The minimum atomic E-state index is -4.73. The molecule has 0 aromatic carbocycles. The van der Waals surface area contributed by atoms with Crippen LogP contribution in [0.3, 0.4) is 0 Å². The summed E-state index contributed by atoms with van der Waals surface area (Å²) in [6, 6.07) is 10.3. The number of aliphatic hydroxyl groups excluding tert-OH is 2. The number of fused-ring (bicyclic) bond motifs is 1. The Labute approximate surface area is 337 Å². The number of nitrogens with zero attached hydrogens (tertiary/aromatic N) is 5. The first kappa shape index (κ1) is 46.4. The lowest BCUT2D eigenvalue weighted by atomic mass is 9.92. The number of rotatable bonds is 29. The minimum Gasteiger partial charge on any atom is -0.387 e. The number of aromatic nitrogens is 4. The smallest absolute Gasteiger partial charge is 0.387 e. The van der Waals surface area contributed by atoms with Gasteiger partial charge in [-0.2, -0.15) is 10.4 Å². The van der Waals surface area contributed by atoms with Crippen molar-refractivity contribution in [1.29, 1.82) is 5.26 Å². The van der Waals surface area contributed by atoms with Crippen LogP contribution in [0.2, 0.25) is 0 Å². The summed E-state index contributed by atoms with van der Waals surface area (Å²) >= 11 is 0. The zero-order valence-corrected chi connectivity index (χ0v) is 34.6. The van der Waals surface area contributed by atoms with E-state index in [-0.39, 0.29) is 31.2 Å². The van der Waals surface area contributed by atoms with Gasteiger partial charge in [0.2, 0.25) is 0 Å². The summed E-state index contributed by atoms with van der Waals surface area (Å²) in [6.45, 7) is 3.62. The van der Waals surface area contributed by atoms with Crippen molar-refractivity contribution < 1.29 is 42.9 Å². The van der Waals surface area contributed by atoms with Gasteiger partial charge < -0.3 is 29.3 Å². The summed E-state index contributed by atoms with van der Waals surface area (Å²) in [7, 11) is -4.73. The van der Waals surface area contributed by atoms with E-state index in [9.17, 15) is 24.9 Å². The Morgan fingerprint density at radius 2 is 1.60 bits per heavy atom. The number of phosphoric ester groups is 1. The Kier molecular flexibility index (Phi) is 20.0. The molecule has 14 nitrogen and oxygen atoms in total. The number of pyridine rings is 1. The summed E-state index contributed by atoms with van der Waals surface area (Å²) in [5.74, 6) is 2.45. The highest BCUT2D eigenvalue weighted by atomic mass is 31.2. The molecule has 4 rings (SSSR count). The molecule has 1 saturated heterocycles. The summed E-state index contributed by atoms with van der Waals surface area (Å²) in [4.78, 5) is 19.0. The molecule has 0 spiro atoms. The van der Waals surface area contributed by atoms with Crippen LogP contribution in [0.25, 0.3) is 5.52 Å². The number of unbranched alkanes of at least 4 members (excludes halogenated alkanes) is 15. The number of terminal acetylenes is 1. The van der Waals surface area contributed by atoms with Gasteiger partial charge in [0, 0.05) is 6.61 Å². The first-order valence-corrected chi connectivity index (χ1v) is 22.1. The molecule has 3 aromatic rings. The second kappa shape index (κ2) is 24.6. The first-order chi connectivity index (χ1) is 27.6. The molecule has 0 saturated carbocycles. The number of phosphoric acid groups is 1. The van der Waals surface area contributed by atoms with Gasteiger partial charge in [-0.1, -0.05) is 115 Å². The molecule has 3 N–H and O–H groups in total. The van der Waals surface area contributed by atoms with Crippen molar-refractivity contribution in [3.8, 4) is 18.4 Å². The summed E-state index contributed by atoms with van der Waals surface area (Å²) in [5.41, 5.74) is 0.466. The van der Waals surface area contributed by atoms with Crippen molar-refractivity contribution in [2.24, 2.45) is 0 Å². The van der Waals surface area contributed by atoms with Gasteiger partial charge in [0.05, 0.1) is 49.0 Å². The normalized spacial score (nSPS) is 21.0. The van der Waals surface area contributed by atoms with Crippen molar-refractivity contribution >= 4 is 13.3 Å². The SMILES string of the molecule is C#C[C@@]1(c2ccc3c(C)ncnn23)O[C@H](COP(=O)(O)OC[C@@H](COCCCCCCCCCCCCCCCCCC)OCc2cccc(C#N)n2)[C@@H](O)[C@H]1O. The molecule has 1 aliphatic rings. The Balaban J connectivity index is 1.18. The fourth-order valence-electron chi connectivity index (χ4n) is 7.02. The number of hydrogen-bond acceptors (Lipinski definition) is 12. The van der Waals surface area contributed by atoms with Crippen molar-refractivity contribution in [3.63, 3.8) is 0 Å². The second-order valence-corrected chi connectivity index (χ2v) is 16.3. The molecule has 1 unspecified atom stereocenters. The Hall–Kier alpha value is -3.27. The Morgan fingerprint density at radius 1 is 0.947 bits per heavy atom. The van der Waals surface area contributed by atoms with Crippen molar-refractivity contribution in [2.45, 2.75) is 153 Å². The lowest BCUT2D eigenvalue weighted by Crippen LogP contribution is -2.41. The second-order valence-electron chi connectivity index (χ2n) is 14.8. The number of nitriles is 1. The summed E-state index contributed by atoms with van der Waals surface area (Å²) in [5, 5.41) is 35.4. The molecule has 0 amide bonds. The lowest BCUT2D eigenvalue weighted by molar-refractivity contribution is -0.0683. The van der Waals surface area contributed by atoms with E-state index < -0.39 is 44.4 Å². The Bertz CT molecular complexity index is 1760. The highest BCUT2D eigenvalue weighted by Gasteiger charge is 2.56. The first-order valence-electron chi connectivity index (χ1n) is 20.6. The van der Waals surface area contributed by atoms with Gasteiger partial charge >= 0.3 is 7.82 Å². The molecule has 0 bridgehead atoms. The monoisotopic (exact) mass is 811 g/mol. The van der Waals surface area contributed by atoms with Crippen molar-refractivity contribution in [3.05, 3.63) is 59.4 Å². The van der Waals surface area contributed by atoms with Crippen LogP contribution in [0.5, 0.6) is 0 Å². The zero-order valence-electron chi connectivity index (χ0n) is 33.7. The molecule has 4 heterocycles. The molecule has 15 heteroatoms. The quantitative estimate of drug-likeness (QED) is 0.0361. The van der Waals surface area contributed by atoms with Gasteiger partial charge in [-0.3, -0.25) is 9.05 Å². The fourth-order valence-corrected chi connectivity index (χ4v) is 7.78. The third-order valence-corrected chi connectivity index (χ3v) is 11.3. The van der Waals surface area contributed by atoms with Crippen molar-refractivity contribution in [1.82, 2.24) is 19.6 Å². The van der Waals surface area contributed by atoms with Gasteiger partial charge in [-0.25, -0.2) is 19.0 Å². The predicted octanol–water partition coefficient (Wildman–Crippen LogP) is 7.25. The number of hydrogen-bond donors (Lipinski definition) is 3. The maximum atomic E-state index is 13.0. The molecule has 1 fully saturated rings. The van der Waals surface area contributed by atoms with E-state index in [4.69, 9.17) is 29.7 Å². The van der Waals surface area contributed by atoms with E-state index in [0.29, 0.717) is 23.5 Å². The molecular weight excluding hydrogens is 749 g/mol. The van der Waals surface area contributed by atoms with E-state index in [1.807, 2.05) is 6.07 Å². The predicted molar refractivity (Wildman–Crippen MR) is 215 cm³/mol. The highest BCUT2D eigenvalue weighted by molar-refractivity contribution is 7.47. The van der Waals surface area contributed by atoms with Crippen molar-refractivity contribution in [2.75, 3.05) is 26.4 Å². The van der Waals surface area contributed by atoms with E-state index in [1.165, 1.54) is 94.3 Å². The molecule has 6 atom stereocenters. The van der Waals surface area contributed by atoms with Crippen LogP contribution in [-0.4, -0.2) is 85.5 Å². The van der Waals surface area contributed by atoms with Gasteiger partial charge in [0.25, 0.3) is 0 Å². The van der Waals surface area contributed by atoms with Gasteiger partial charge in [-0.05, 0) is 37.6 Å². The molecule has 0 radical (unpaired) electrons. The van der Waals surface area contributed by atoms with Gasteiger partial charge in [-0.15, -0.1) is 6.42 Å². The largest absolute Gasteiger partial charge is 0.472 e. The van der Waals surface area contributed by atoms with Crippen LogP contribution in [0.1, 0.15) is 132 Å². The molecular formula is C42H62N5O9P. The number of aryl methyl sites for hydroxylation is 1. The molecule has 1 aliphatic heterocycles. The maximum absolute atomic E-state index is 13.0. The summed E-state index contributed by atoms with van der Waals surface area (Å²) < 4.78 is 42.9. The number of ether oxygens (including phenoxy) is 3. The third kappa shape index (κ3) is 14.5. The third-order valence-electron chi connectivity index (χ3n) is 10.4. The lowest BCUT2D eigenvalue weighted by Gasteiger charge is -2.26. The fraction of sp³-hybridized carbons (Fsp3) is 0.667. The van der Waals surface area contributed by atoms with E-state index in [1.54, 1.807) is 37.3 Å².